The predicted octanol–water partition coefficient (Wildman–Crippen LogP) is 2.69. The summed E-state index contributed by atoms with van der Waals surface area (Å²) < 4.78 is 17.0. The predicted molar refractivity (Wildman–Crippen MR) is 127 cm³/mol. The van der Waals surface area contributed by atoms with E-state index in [1.54, 1.807) is 0 Å². The second-order valence-electron chi connectivity index (χ2n) is 8.18. The van der Waals surface area contributed by atoms with Crippen LogP contribution in [0.4, 0.5) is 11.5 Å². The van der Waals surface area contributed by atoms with Crippen LogP contribution in [0.2, 0.25) is 0 Å². The highest BCUT2D eigenvalue weighted by Gasteiger charge is 2.15. The number of morpholine rings is 2. The number of anilines is 2. The lowest BCUT2D eigenvalue weighted by Crippen LogP contribution is -2.38. The molecule has 0 bridgehead atoms. The molecular weight excluding hydrogens is 406 g/mol. The summed E-state index contributed by atoms with van der Waals surface area (Å²) in [4.78, 5) is 9.28. The van der Waals surface area contributed by atoms with Crippen LogP contribution in [0.5, 0.6) is 5.88 Å². The average molecular weight is 440 g/mol. The number of pyridine rings is 1. The maximum absolute atomic E-state index is 6.04. The minimum Gasteiger partial charge on any atom is -0.476 e. The number of aromatic nitrogens is 1. The van der Waals surface area contributed by atoms with Crippen LogP contribution in [0, 0.1) is 13.8 Å². The summed E-state index contributed by atoms with van der Waals surface area (Å²) in [5.41, 5.74) is 7.64. The van der Waals surface area contributed by atoms with Crippen molar-refractivity contribution in [2.45, 2.75) is 13.8 Å². The Morgan fingerprint density at radius 1 is 1.03 bits per heavy atom. The van der Waals surface area contributed by atoms with E-state index < -0.39 is 0 Å². The zero-order valence-corrected chi connectivity index (χ0v) is 19.0. The van der Waals surface area contributed by atoms with E-state index in [-0.39, 0.29) is 0 Å². The van der Waals surface area contributed by atoms with Gasteiger partial charge in [0, 0.05) is 50.5 Å². The van der Waals surface area contributed by atoms with Gasteiger partial charge >= 0.3 is 0 Å². The molecule has 3 heterocycles. The molecule has 2 fully saturated rings. The number of nitrogens with one attached hydrogen (secondary N) is 1. The monoisotopic (exact) mass is 439 g/mol. The molecule has 0 atom stereocenters. The quantitative estimate of drug-likeness (QED) is 0.501. The fourth-order valence-electron chi connectivity index (χ4n) is 3.80. The van der Waals surface area contributed by atoms with E-state index in [4.69, 9.17) is 14.2 Å². The molecule has 1 aromatic heterocycles. The minimum atomic E-state index is 0.588. The van der Waals surface area contributed by atoms with E-state index in [9.17, 15) is 0 Å². The molecule has 8 nitrogen and oxygen atoms in total. The average Bonchev–Trinajstić information content (AvgIpc) is 2.82. The van der Waals surface area contributed by atoms with E-state index in [2.05, 4.69) is 57.4 Å². The minimum absolute atomic E-state index is 0.588. The van der Waals surface area contributed by atoms with Gasteiger partial charge in [0.25, 0.3) is 0 Å². The molecule has 8 heteroatoms. The van der Waals surface area contributed by atoms with Crippen molar-refractivity contribution in [3.63, 3.8) is 0 Å². The molecule has 0 unspecified atom stereocenters. The van der Waals surface area contributed by atoms with Crippen LogP contribution in [0.3, 0.4) is 0 Å². The molecule has 2 saturated heterocycles. The first-order valence-corrected chi connectivity index (χ1v) is 11.3. The summed E-state index contributed by atoms with van der Waals surface area (Å²) in [6, 6.07) is 10.4. The third-order valence-corrected chi connectivity index (χ3v) is 5.74. The van der Waals surface area contributed by atoms with Crippen LogP contribution in [0.1, 0.15) is 16.7 Å². The molecule has 0 aliphatic carbocycles. The highest BCUT2D eigenvalue weighted by molar-refractivity contribution is 5.82. The van der Waals surface area contributed by atoms with Crippen molar-refractivity contribution in [3.05, 3.63) is 47.0 Å². The van der Waals surface area contributed by atoms with Crippen molar-refractivity contribution in [1.82, 2.24) is 9.88 Å². The van der Waals surface area contributed by atoms with Crippen LogP contribution in [-0.2, 0) is 9.47 Å². The Kier molecular flexibility index (Phi) is 7.92. The lowest BCUT2D eigenvalue weighted by Gasteiger charge is -2.29. The smallest absolute Gasteiger partial charge is 0.217 e. The lowest BCUT2D eigenvalue weighted by molar-refractivity contribution is 0.0320. The Morgan fingerprint density at radius 2 is 1.78 bits per heavy atom. The molecule has 1 aromatic carbocycles. The standard InChI is InChI=1S/C24H33N5O3/c1-19-3-4-20(2)21(15-19)18-25-27-23-16-22(29-8-12-31-13-9-29)17-24(26-23)32-14-7-28-5-10-30-11-6-28/h3-4,15-18H,5-14H2,1-2H3,(H,26,27). The van der Waals surface area contributed by atoms with Gasteiger partial charge in [0.1, 0.15) is 6.61 Å². The number of rotatable bonds is 8. The van der Waals surface area contributed by atoms with Crippen LogP contribution in [0.15, 0.2) is 35.4 Å². The fourth-order valence-corrected chi connectivity index (χ4v) is 3.80. The van der Waals surface area contributed by atoms with Gasteiger partial charge in [-0.3, -0.25) is 10.3 Å². The van der Waals surface area contributed by atoms with Gasteiger partial charge < -0.3 is 19.1 Å². The van der Waals surface area contributed by atoms with E-state index in [0.717, 1.165) is 70.4 Å². The van der Waals surface area contributed by atoms with Gasteiger partial charge in [-0.2, -0.15) is 10.1 Å². The van der Waals surface area contributed by atoms with E-state index >= 15 is 0 Å². The maximum atomic E-state index is 6.04. The molecule has 0 amide bonds. The van der Waals surface area contributed by atoms with Gasteiger partial charge in [-0.25, -0.2) is 0 Å². The Hall–Kier alpha value is -2.68. The van der Waals surface area contributed by atoms with E-state index in [0.29, 0.717) is 18.3 Å². The van der Waals surface area contributed by atoms with Gasteiger partial charge in [0.2, 0.25) is 5.88 Å². The van der Waals surface area contributed by atoms with Crippen LogP contribution < -0.4 is 15.1 Å². The molecule has 0 radical (unpaired) electrons. The first-order chi connectivity index (χ1) is 15.7. The second kappa shape index (κ2) is 11.3. The normalized spacial score (nSPS) is 17.6. The summed E-state index contributed by atoms with van der Waals surface area (Å²) in [7, 11) is 0. The van der Waals surface area contributed by atoms with Crippen molar-refractivity contribution < 1.29 is 14.2 Å². The highest BCUT2D eigenvalue weighted by Crippen LogP contribution is 2.25. The van der Waals surface area contributed by atoms with E-state index in [1.165, 1.54) is 11.1 Å². The summed E-state index contributed by atoms with van der Waals surface area (Å²) in [6.07, 6.45) is 1.84. The summed E-state index contributed by atoms with van der Waals surface area (Å²) in [6.45, 7) is 12.2. The number of hydrogen-bond acceptors (Lipinski definition) is 8. The third-order valence-electron chi connectivity index (χ3n) is 5.74. The molecule has 172 valence electrons. The van der Waals surface area contributed by atoms with Crippen molar-refractivity contribution in [2.75, 3.05) is 76.1 Å². The fraction of sp³-hybridized carbons (Fsp3) is 0.500. The number of aryl methyl sites for hydroxylation is 2. The van der Waals surface area contributed by atoms with Gasteiger partial charge in [0.15, 0.2) is 5.82 Å². The Morgan fingerprint density at radius 3 is 2.56 bits per heavy atom. The Balaban J connectivity index is 1.44. The highest BCUT2D eigenvalue weighted by atomic mass is 16.5. The van der Waals surface area contributed by atoms with Gasteiger partial charge in [-0.05, 0) is 25.0 Å². The van der Waals surface area contributed by atoms with Gasteiger partial charge in [-0.15, -0.1) is 0 Å². The summed E-state index contributed by atoms with van der Waals surface area (Å²) in [5, 5.41) is 4.44. The summed E-state index contributed by atoms with van der Waals surface area (Å²) in [5.74, 6) is 1.27. The number of hydrogen-bond donors (Lipinski definition) is 1. The molecular formula is C24H33N5O3. The molecule has 0 saturated carbocycles. The SMILES string of the molecule is Cc1ccc(C)c(C=NNc2cc(N3CCOCC3)cc(OCCN3CCOCC3)n2)c1. The topological polar surface area (TPSA) is 71.5 Å². The number of benzene rings is 1. The number of ether oxygens (including phenoxy) is 3. The second-order valence-corrected chi connectivity index (χ2v) is 8.18. The molecule has 1 N–H and O–H groups in total. The zero-order valence-electron chi connectivity index (χ0n) is 19.0. The molecule has 2 aromatic rings. The number of hydrazone groups is 1. The lowest BCUT2D eigenvalue weighted by atomic mass is 10.1. The van der Waals surface area contributed by atoms with Crippen LogP contribution in [-0.4, -0.2) is 81.9 Å². The largest absolute Gasteiger partial charge is 0.476 e. The Bertz CT molecular complexity index is 909. The van der Waals surface area contributed by atoms with Crippen LogP contribution >= 0.6 is 0 Å². The molecule has 2 aliphatic heterocycles. The molecule has 32 heavy (non-hydrogen) atoms. The molecule has 4 rings (SSSR count). The van der Waals surface area contributed by atoms with Crippen LogP contribution in [0.25, 0.3) is 0 Å². The van der Waals surface area contributed by atoms with Gasteiger partial charge in [0.05, 0.1) is 32.6 Å². The first kappa shape index (κ1) is 22.5. The van der Waals surface area contributed by atoms with Crippen molar-refractivity contribution >= 4 is 17.7 Å². The maximum Gasteiger partial charge on any atom is 0.217 e. The summed E-state index contributed by atoms with van der Waals surface area (Å²) >= 11 is 0. The third kappa shape index (κ3) is 6.41. The van der Waals surface area contributed by atoms with Gasteiger partial charge in [-0.1, -0.05) is 23.8 Å². The molecule has 0 spiro atoms. The van der Waals surface area contributed by atoms with Crippen molar-refractivity contribution in [1.29, 1.82) is 0 Å². The van der Waals surface area contributed by atoms with Crippen molar-refractivity contribution in [3.8, 4) is 5.88 Å². The first-order valence-electron chi connectivity index (χ1n) is 11.3. The van der Waals surface area contributed by atoms with E-state index in [1.807, 2.05) is 18.3 Å². The zero-order chi connectivity index (χ0) is 22.2. The Labute approximate surface area is 190 Å². The van der Waals surface area contributed by atoms with Crippen molar-refractivity contribution in [2.24, 2.45) is 5.10 Å². The molecule has 2 aliphatic rings. The number of nitrogens with zero attached hydrogens (tertiary/aromatic N) is 4.